The second-order valence-electron chi connectivity index (χ2n) is 4.77. The molecule has 3 nitrogen and oxygen atoms in total. The molecular weight excluding hydrogens is 252 g/mol. The van der Waals surface area contributed by atoms with Gasteiger partial charge in [-0.3, -0.25) is 4.79 Å². The minimum absolute atomic E-state index is 0.0796. The van der Waals surface area contributed by atoms with Gasteiger partial charge in [0, 0.05) is 5.56 Å². The number of rotatable bonds is 4. The van der Waals surface area contributed by atoms with E-state index in [-0.39, 0.29) is 5.78 Å². The molecule has 0 aliphatic heterocycles. The first kappa shape index (κ1) is 14.1. The molecule has 2 aromatic rings. The first-order valence-corrected chi connectivity index (χ1v) is 6.45. The van der Waals surface area contributed by atoms with Gasteiger partial charge < -0.3 is 9.47 Å². The van der Waals surface area contributed by atoms with Crippen LogP contribution in [-0.2, 0) is 0 Å². The minimum Gasteiger partial charge on any atom is -0.497 e. The largest absolute Gasteiger partial charge is 0.497 e. The number of Topliss-reactive ketones (excluding diaryl/α,β-unsaturated/α-hetero) is 1. The molecule has 0 bridgehead atoms. The summed E-state index contributed by atoms with van der Waals surface area (Å²) in [6, 6.07) is 11.2. The van der Waals surface area contributed by atoms with Crippen LogP contribution < -0.4 is 9.47 Å². The number of aryl methyl sites for hydroxylation is 2. The van der Waals surface area contributed by atoms with Crippen LogP contribution in [0, 0.1) is 13.8 Å². The van der Waals surface area contributed by atoms with Crippen molar-refractivity contribution in [2.75, 3.05) is 7.11 Å². The van der Waals surface area contributed by atoms with Crippen molar-refractivity contribution in [1.82, 2.24) is 0 Å². The number of ether oxygens (including phenoxy) is 2. The highest BCUT2D eigenvalue weighted by atomic mass is 16.5. The molecule has 0 aliphatic rings. The fourth-order valence-electron chi connectivity index (χ4n) is 2.32. The maximum absolute atomic E-state index is 11.6. The number of carbonyl (C=O) groups is 1. The van der Waals surface area contributed by atoms with Crippen LogP contribution in [0.1, 0.15) is 28.4 Å². The molecule has 0 atom stereocenters. The second kappa shape index (κ2) is 5.78. The summed E-state index contributed by atoms with van der Waals surface area (Å²) in [7, 11) is 1.63. The Hall–Kier alpha value is -2.29. The lowest BCUT2D eigenvalue weighted by Crippen LogP contribution is -2.00. The summed E-state index contributed by atoms with van der Waals surface area (Å²) >= 11 is 0. The molecule has 0 spiro atoms. The number of hydrogen-bond donors (Lipinski definition) is 0. The van der Waals surface area contributed by atoms with E-state index >= 15 is 0 Å². The molecule has 20 heavy (non-hydrogen) atoms. The van der Waals surface area contributed by atoms with Crippen LogP contribution in [0.5, 0.6) is 17.2 Å². The third kappa shape index (κ3) is 2.99. The van der Waals surface area contributed by atoms with Gasteiger partial charge in [0.1, 0.15) is 17.2 Å². The van der Waals surface area contributed by atoms with E-state index in [4.69, 9.17) is 9.47 Å². The number of methoxy groups -OCH3 is 1. The van der Waals surface area contributed by atoms with Crippen LogP contribution >= 0.6 is 0 Å². The maximum atomic E-state index is 11.6. The Morgan fingerprint density at radius 2 is 1.40 bits per heavy atom. The molecule has 0 fully saturated rings. The van der Waals surface area contributed by atoms with Gasteiger partial charge >= 0.3 is 0 Å². The monoisotopic (exact) mass is 270 g/mol. The summed E-state index contributed by atoms with van der Waals surface area (Å²) in [5, 5.41) is 0. The van der Waals surface area contributed by atoms with Crippen molar-refractivity contribution in [3.63, 3.8) is 0 Å². The van der Waals surface area contributed by atoms with Gasteiger partial charge in [-0.05, 0) is 68.3 Å². The van der Waals surface area contributed by atoms with Crippen LogP contribution in [0.2, 0.25) is 0 Å². The van der Waals surface area contributed by atoms with Crippen molar-refractivity contribution >= 4 is 5.78 Å². The molecule has 2 aromatic carbocycles. The highest BCUT2D eigenvalue weighted by Crippen LogP contribution is 2.27. The Kier molecular flexibility index (Phi) is 4.08. The summed E-state index contributed by atoms with van der Waals surface area (Å²) < 4.78 is 10.9. The van der Waals surface area contributed by atoms with E-state index in [1.165, 1.54) is 0 Å². The lowest BCUT2D eigenvalue weighted by Gasteiger charge is -2.11. The summed E-state index contributed by atoms with van der Waals surface area (Å²) in [4.78, 5) is 11.6. The summed E-state index contributed by atoms with van der Waals surface area (Å²) in [5.74, 6) is 2.34. The van der Waals surface area contributed by atoms with Crippen molar-refractivity contribution in [3.05, 3.63) is 53.1 Å². The molecular formula is C17H18O3. The Balaban J connectivity index is 2.27. The van der Waals surface area contributed by atoms with Gasteiger partial charge in [0.05, 0.1) is 7.11 Å². The van der Waals surface area contributed by atoms with E-state index < -0.39 is 0 Å². The molecule has 0 unspecified atom stereocenters. The normalized spacial score (nSPS) is 10.2. The van der Waals surface area contributed by atoms with Crippen LogP contribution in [0.15, 0.2) is 36.4 Å². The average molecular weight is 270 g/mol. The first-order chi connectivity index (χ1) is 9.51. The Morgan fingerprint density at radius 3 is 1.85 bits per heavy atom. The predicted molar refractivity (Wildman–Crippen MR) is 79.0 cm³/mol. The predicted octanol–water partition coefficient (Wildman–Crippen LogP) is 4.31. The third-order valence-corrected chi connectivity index (χ3v) is 3.15. The molecule has 0 saturated heterocycles. The lowest BCUT2D eigenvalue weighted by molar-refractivity contribution is 0.101. The van der Waals surface area contributed by atoms with Gasteiger partial charge in [0.2, 0.25) is 0 Å². The van der Waals surface area contributed by atoms with E-state index in [9.17, 15) is 4.79 Å². The topological polar surface area (TPSA) is 35.5 Å². The zero-order valence-corrected chi connectivity index (χ0v) is 12.2. The Morgan fingerprint density at radius 1 is 0.900 bits per heavy atom. The zero-order chi connectivity index (χ0) is 14.7. The van der Waals surface area contributed by atoms with Crippen molar-refractivity contribution in [3.8, 4) is 17.2 Å². The molecule has 0 amide bonds. The number of ketones is 1. The summed E-state index contributed by atoms with van der Waals surface area (Å²) in [6.45, 7) is 5.43. The van der Waals surface area contributed by atoms with E-state index in [1.807, 2.05) is 50.2 Å². The molecule has 3 heteroatoms. The van der Waals surface area contributed by atoms with Gasteiger partial charge in [0.25, 0.3) is 0 Å². The van der Waals surface area contributed by atoms with E-state index in [0.29, 0.717) is 0 Å². The van der Waals surface area contributed by atoms with Gasteiger partial charge in [-0.1, -0.05) is 0 Å². The number of benzene rings is 2. The third-order valence-electron chi connectivity index (χ3n) is 3.15. The molecule has 0 radical (unpaired) electrons. The van der Waals surface area contributed by atoms with E-state index in [2.05, 4.69) is 0 Å². The quantitative estimate of drug-likeness (QED) is 0.777. The number of hydrogen-bond acceptors (Lipinski definition) is 3. The van der Waals surface area contributed by atoms with Gasteiger partial charge in [-0.2, -0.15) is 0 Å². The standard InChI is InChI=1S/C17H18O3/c1-11-9-16(10-12(2)17(11)13(3)18)20-15-7-5-14(19-4)6-8-15/h5-10H,1-4H3. The van der Waals surface area contributed by atoms with Gasteiger partial charge in [-0.25, -0.2) is 0 Å². The SMILES string of the molecule is COc1ccc(Oc2cc(C)c(C(C)=O)c(C)c2)cc1. The number of carbonyl (C=O) groups excluding carboxylic acids is 1. The molecule has 2 rings (SSSR count). The molecule has 104 valence electrons. The fourth-order valence-corrected chi connectivity index (χ4v) is 2.32. The maximum Gasteiger partial charge on any atom is 0.160 e. The van der Waals surface area contributed by atoms with E-state index in [0.717, 1.165) is 33.9 Å². The molecule has 0 aromatic heterocycles. The van der Waals surface area contributed by atoms with Crippen LogP contribution in [-0.4, -0.2) is 12.9 Å². The second-order valence-corrected chi connectivity index (χ2v) is 4.77. The zero-order valence-electron chi connectivity index (χ0n) is 12.2. The molecule has 0 aliphatic carbocycles. The van der Waals surface area contributed by atoms with Crippen molar-refractivity contribution in [2.45, 2.75) is 20.8 Å². The minimum atomic E-state index is 0.0796. The Bertz CT molecular complexity index is 604. The summed E-state index contributed by atoms with van der Waals surface area (Å²) in [6.07, 6.45) is 0. The van der Waals surface area contributed by atoms with Crippen LogP contribution in [0.25, 0.3) is 0 Å². The Labute approximate surface area is 119 Å². The smallest absolute Gasteiger partial charge is 0.160 e. The molecule has 0 N–H and O–H groups in total. The lowest BCUT2D eigenvalue weighted by atomic mass is 9.99. The summed E-state index contributed by atoms with van der Waals surface area (Å²) in [5.41, 5.74) is 2.63. The highest BCUT2D eigenvalue weighted by Gasteiger charge is 2.10. The van der Waals surface area contributed by atoms with Gasteiger partial charge in [-0.15, -0.1) is 0 Å². The van der Waals surface area contributed by atoms with Crippen molar-refractivity contribution in [1.29, 1.82) is 0 Å². The van der Waals surface area contributed by atoms with Gasteiger partial charge in [0.15, 0.2) is 5.78 Å². The van der Waals surface area contributed by atoms with Crippen LogP contribution in [0.3, 0.4) is 0 Å². The molecule has 0 saturated carbocycles. The first-order valence-electron chi connectivity index (χ1n) is 6.45. The van der Waals surface area contributed by atoms with Crippen LogP contribution in [0.4, 0.5) is 0 Å². The average Bonchev–Trinajstić information content (AvgIpc) is 2.38. The van der Waals surface area contributed by atoms with E-state index in [1.54, 1.807) is 14.0 Å². The highest BCUT2D eigenvalue weighted by molar-refractivity contribution is 5.97. The fraction of sp³-hybridized carbons (Fsp3) is 0.235. The molecule has 0 heterocycles. The van der Waals surface area contributed by atoms with Crippen molar-refractivity contribution < 1.29 is 14.3 Å². The van der Waals surface area contributed by atoms with Crippen molar-refractivity contribution in [2.24, 2.45) is 0 Å².